The molecule has 6 nitrogen and oxygen atoms in total. The molecule has 0 saturated carbocycles. The predicted octanol–water partition coefficient (Wildman–Crippen LogP) is 2.59. The summed E-state index contributed by atoms with van der Waals surface area (Å²) in [6, 6.07) is 8.61. The molecule has 0 radical (unpaired) electrons. The van der Waals surface area contributed by atoms with Crippen molar-refractivity contribution >= 4 is 11.8 Å². The number of likely N-dealkylation sites (tertiary alicyclic amines) is 1. The Hall–Kier alpha value is -2.76. The van der Waals surface area contributed by atoms with Crippen molar-refractivity contribution in [3.05, 3.63) is 59.7 Å². The van der Waals surface area contributed by atoms with Crippen LogP contribution in [-0.2, 0) is 17.6 Å². The third-order valence-electron chi connectivity index (χ3n) is 5.36. The molecule has 0 aliphatic carbocycles. The van der Waals surface area contributed by atoms with Crippen molar-refractivity contribution in [2.45, 2.75) is 32.1 Å². The number of rotatable bonds is 6. The number of nitrogens with zero attached hydrogens (tertiary/aromatic N) is 4. The summed E-state index contributed by atoms with van der Waals surface area (Å²) in [6.07, 6.45) is 9.03. The van der Waals surface area contributed by atoms with Gasteiger partial charge in [0.25, 0.3) is 5.91 Å². The van der Waals surface area contributed by atoms with Crippen LogP contribution in [0.25, 0.3) is 0 Å². The maximum Gasteiger partial charge on any atom is 0.274 e. The van der Waals surface area contributed by atoms with Gasteiger partial charge >= 0.3 is 0 Å². The summed E-state index contributed by atoms with van der Waals surface area (Å²) >= 11 is 0. The SMILES string of the molecule is CN(C)C(=O)CCc1ccc(CC2CCN(C(=O)c3cnccn3)CC2)cc1. The number of piperidine rings is 1. The predicted molar refractivity (Wildman–Crippen MR) is 108 cm³/mol. The van der Waals surface area contributed by atoms with Crippen LogP contribution in [0.15, 0.2) is 42.9 Å². The van der Waals surface area contributed by atoms with Crippen molar-refractivity contribution in [2.75, 3.05) is 27.2 Å². The summed E-state index contributed by atoms with van der Waals surface area (Å²) in [4.78, 5) is 35.8. The Morgan fingerprint density at radius 2 is 1.75 bits per heavy atom. The lowest BCUT2D eigenvalue weighted by molar-refractivity contribution is -0.128. The van der Waals surface area contributed by atoms with Gasteiger partial charge in [-0.25, -0.2) is 4.98 Å². The molecule has 3 rings (SSSR count). The van der Waals surface area contributed by atoms with E-state index in [0.717, 1.165) is 38.8 Å². The van der Waals surface area contributed by atoms with Crippen molar-refractivity contribution in [3.8, 4) is 0 Å². The largest absolute Gasteiger partial charge is 0.349 e. The van der Waals surface area contributed by atoms with Gasteiger partial charge in [0.2, 0.25) is 5.91 Å². The summed E-state index contributed by atoms with van der Waals surface area (Å²) in [5, 5.41) is 0. The first-order valence-electron chi connectivity index (χ1n) is 9.86. The number of benzene rings is 1. The van der Waals surface area contributed by atoms with Gasteiger partial charge in [0.05, 0.1) is 6.20 Å². The summed E-state index contributed by atoms with van der Waals surface area (Å²) in [6.45, 7) is 1.54. The number of carbonyl (C=O) groups excluding carboxylic acids is 2. The summed E-state index contributed by atoms with van der Waals surface area (Å²) in [5.74, 6) is 0.724. The monoisotopic (exact) mass is 380 g/mol. The molecule has 0 N–H and O–H groups in total. The van der Waals surface area contributed by atoms with Crippen LogP contribution in [0.2, 0.25) is 0 Å². The fourth-order valence-electron chi connectivity index (χ4n) is 3.56. The molecule has 2 aromatic rings. The molecule has 1 aromatic carbocycles. The van der Waals surface area contributed by atoms with E-state index in [4.69, 9.17) is 0 Å². The fraction of sp³-hybridized carbons (Fsp3) is 0.455. The van der Waals surface area contributed by atoms with Gasteiger partial charge in [0.1, 0.15) is 5.69 Å². The minimum absolute atomic E-state index is 0.0248. The zero-order valence-electron chi connectivity index (χ0n) is 16.7. The van der Waals surface area contributed by atoms with Gasteiger partial charge in [0, 0.05) is 46.0 Å². The number of aromatic nitrogens is 2. The quantitative estimate of drug-likeness (QED) is 0.773. The Balaban J connectivity index is 1.45. The number of aryl methyl sites for hydroxylation is 1. The molecular weight excluding hydrogens is 352 g/mol. The molecule has 0 spiro atoms. The minimum Gasteiger partial charge on any atom is -0.349 e. The zero-order chi connectivity index (χ0) is 19.9. The second-order valence-corrected chi connectivity index (χ2v) is 7.64. The van der Waals surface area contributed by atoms with Crippen molar-refractivity contribution in [2.24, 2.45) is 5.92 Å². The maximum atomic E-state index is 12.5. The van der Waals surface area contributed by atoms with Crippen LogP contribution in [0, 0.1) is 5.92 Å². The molecule has 1 aliphatic heterocycles. The smallest absolute Gasteiger partial charge is 0.274 e. The first-order chi connectivity index (χ1) is 13.5. The van der Waals surface area contributed by atoms with E-state index in [2.05, 4.69) is 34.2 Å². The number of hydrogen-bond donors (Lipinski definition) is 0. The van der Waals surface area contributed by atoms with Crippen molar-refractivity contribution in [1.29, 1.82) is 0 Å². The van der Waals surface area contributed by atoms with Gasteiger partial charge in [-0.1, -0.05) is 24.3 Å². The highest BCUT2D eigenvalue weighted by Crippen LogP contribution is 2.23. The van der Waals surface area contributed by atoms with Crippen LogP contribution in [0.3, 0.4) is 0 Å². The van der Waals surface area contributed by atoms with Gasteiger partial charge in [-0.05, 0) is 42.7 Å². The van der Waals surface area contributed by atoms with Gasteiger partial charge < -0.3 is 9.80 Å². The molecule has 0 unspecified atom stereocenters. The summed E-state index contributed by atoms with van der Waals surface area (Å²) in [5.41, 5.74) is 2.94. The second kappa shape index (κ2) is 9.44. The lowest BCUT2D eigenvalue weighted by atomic mass is 9.89. The molecule has 2 amide bonds. The van der Waals surface area contributed by atoms with Crippen LogP contribution in [0.5, 0.6) is 0 Å². The maximum absolute atomic E-state index is 12.5. The molecule has 1 aliphatic rings. The first kappa shape index (κ1) is 20.0. The van der Waals surface area contributed by atoms with Crippen molar-refractivity contribution in [3.63, 3.8) is 0 Å². The molecule has 6 heteroatoms. The third-order valence-corrected chi connectivity index (χ3v) is 5.36. The molecule has 0 bridgehead atoms. The number of carbonyl (C=O) groups is 2. The topological polar surface area (TPSA) is 66.4 Å². The highest BCUT2D eigenvalue weighted by Gasteiger charge is 2.24. The highest BCUT2D eigenvalue weighted by atomic mass is 16.2. The van der Waals surface area contributed by atoms with E-state index in [0.29, 0.717) is 18.0 Å². The van der Waals surface area contributed by atoms with Crippen LogP contribution >= 0.6 is 0 Å². The Labute approximate surface area is 166 Å². The molecule has 1 fully saturated rings. The fourth-order valence-corrected chi connectivity index (χ4v) is 3.56. The molecule has 148 valence electrons. The molecule has 1 saturated heterocycles. The standard InChI is InChI=1S/C22H28N4O2/c1-25(2)21(27)8-7-17-3-5-18(6-4-17)15-19-9-13-26(14-10-19)22(28)20-16-23-11-12-24-20/h3-6,11-12,16,19H,7-10,13-15H2,1-2H3. The van der Waals surface area contributed by atoms with Gasteiger partial charge in [-0.2, -0.15) is 0 Å². The van der Waals surface area contributed by atoms with Crippen molar-refractivity contribution < 1.29 is 9.59 Å². The van der Waals surface area contributed by atoms with Crippen LogP contribution in [0.4, 0.5) is 0 Å². The zero-order valence-corrected chi connectivity index (χ0v) is 16.7. The van der Waals surface area contributed by atoms with E-state index >= 15 is 0 Å². The molecule has 28 heavy (non-hydrogen) atoms. The number of hydrogen-bond acceptors (Lipinski definition) is 4. The van der Waals surface area contributed by atoms with Crippen LogP contribution in [-0.4, -0.2) is 58.8 Å². The molecule has 1 aromatic heterocycles. The van der Waals surface area contributed by atoms with Crippen LogP contribution in [0.1, 0.15) is 40.9 Å². The minimum atomic E-state index is -0.0248. The number of amides is 2. The summed E-state index contributed by atoms with van der Waals surface area (Å²) in [7, 11) is 3.58. The first-order valence-corrected chi connectivity index (χ1v) is 9.86. The lowest BCUT2D eigenvalue weighted by Gasteiger charge is -2.31. The summed E-state index contributed by atoms with van der Waals surface area (Å²) < 4.78 is 0. The van der Waals surface area contributed by atoms with E-state index in [-0.39, 0.29) is 11.8 Å². The van der Waals surface area contributed by atoms with E-state index < -0.39 is 0 Å². The Morgan fingerprint density at radius 1 is 1.07 bits per heavy atom. The van der Waals surface area contributed by atoms with Crippen LogP contribution < -0.4 is 0 Å². The highest BCUT2D eigenvalue weighted by molar-refractivity contribution is 5.92. The normalized spacial score (nSPS) is 14.7. The van der Waals surface area contributed by atoms with E-state index in [1.807, 2.05) is 4.90 Å². The lowest BCUT2D eigenvalue weighted by Crippen LogP contribution is -2.39. The average molecular weight is 380 g/mol. The average Bonchev–Trinajstić information content (AvgIpc) is 2.73. The third kappa shape index (κ3) is 5.38. The van der Waals surface area contributed by atoms with E-state index in [9.17, 15) is 9.59 Å². The molecule has 2 heterocycles. The molecule has 0 atom stereocenters. The Morgan fingerprint density at radius 3 is 2.36 bits per heavy atom. The van der Waals surface area contributed by atoms with Gasteiger partial charge in [0.15, 0.2) is 0 Å². The van der Waals surface area contributed by atoms with Crippen molar-refractivity contribution in [1.82, 2.24) is 19.8 Å². The Kier molecular flexibility index (Phi) is 6.74. The second-order valence-electron chi connectivity index (χ2n) is 7.64. The van der Waals surface area contributed by atoms with Gasteiger partial charge in [-0.3, -0.25) is 14.6 Å². The van der Waals surface area contributed by atoms with Gasteiger partial charge in [-0.15, -0.1) is 0 Å². The van der Waals surface area contributed by atoms with E-state index in [1.165, 1.54) is 17.3 Å². The molecular formula is C22H28N4O2. The van der Waals surface area contributed by atoms with E-state index in [1.54, 1.807) is 31.4 Å². The Bertz CT molecular complexity index is 782.